The summed E-state index contributed by atoms with van der Waals surface area (Å²) in [6.45, 7) is 8.51. The number of halogens is 1. The molecule has 0 aliphatic heterocycles. The maximum Gasteiger partial charge on any atom is 0.0577 e. The van der Waals surface area contributed by atoms with E-state index in [1.807, 2.05) is 14.0 Å². The van der Waals surface area contributed by atoms with Crippen molar-refractivity contribution in [2.75, 3.05) is 7.05 Å². The Hall–Kier alpha value is -1.31. The van der Waals surface area contributed by atoms with Crippen LogP contribution in [0, 0.1) is 27.7 Å². The van der Waals surface area contributed by atoms with Crippen LogP contribution in [0.25, 0.3) is 0 Å². The number of nitrogens with one attached hydrogen (secondary N) is 1. The Morgan fingerprint density at radius 2 is 1.50 bits per heavy atom. The average Bonchev–Trinajstić information content (AvgIpc) is 2.40. The molecule has 0 radical (unpaired) electrons. The molecule has 1 unspecified atom stereocenters. The van der Waals surface area contributed by atoms with Gasteiger partial charge in [0.2, 0.25) is 0 Å². The third-order valence-electron chi connectivity index (χ3n) is 4.01. The Bertz CT molecular complexity index is 632. The van der Waals surface area contributed by atoms with Crippen molar-refractivity contribution in [3.05, 3.63) is 68.7 Å². The van der Waals surface area contributed by atoms with Crippen molar-refractivity contribution in [3.63, 3.8) is 0 Å². The van der Waals surface area contributed by atoms with Crippen LogP contribution in [0.1, 0.15) is 39.4 Å². The molecule has 20 heavy (non-hydrogen) atoms. The highest BCUT2D eigenvalue weighted by Gasteiger charge is 2.16. The minimum atomic E-state index is 0.174. The third-order valence-corrected chi connectivity index (χ3v) is 4.42. The van der Waals surface area contributed by atoms with Gasteiger partial charge in [0.05, 0.1) is 6.04 Å². The zero-order valence-corrected chi connectivity index (χ0v) is 13.6. The first-order valence-corrected chi connectivity index (χ1v) is 7.33. The van der Waals surface area contributed by atoms with Gasteiger partial charge < -0.3 is 5.32 Å². The quantitative estimate of drug-likeness (QED) is 0.848. The summed E-state index contributed by atoms with van der Waals surface area (Å²) < 4.78 is 0. The molecule has 2 aromatic carbocycles. The maximum atomic E-state index is 6.27. The molecule has 0 aliphatic rings. The van der Waals surface area contributed by atoms with Gasteiger partial charge in [-0.2, -0.15) is 0 Å². The first-order chi connectivity index (χ1) is 9.43. The van der Waals surface area contributed by atoms with Crippen LogP contribution in [-0.2, 0) is 0 Å². The lowest BCUT2D eigenvalue weighted by Gasteiger charge is -2.21. The Kier molecular flexibility index (Phi) is 4.52. The van der Waals surface area contributed by atoms with E-state index in [9.17, 15) is 0 Å². The van der Waals surface area contributed by atoms with E-state index < -0.39 is 0 Å². The average molecular weight is 288 g/mol. The maximum absolute atomic E-state index is 6.27. The van der Waals surface area contributed by atoms with Gasteiger partial charge in [0.25, 0.3) is 0 Å². The first kappa shape index (κ1) is 15.1. The molecule has 0 saturated carbocycles. The van der Waals surface area contributed by atoms with E-state index in [1.54, 1.807) is 0 Å². The Morgan fingerprint density at radius 3 is 2.10 bits per heavy atom. The van der Waals surface area contributed by atoms with Crippen molar-refractivity contribution in [2.24, 2.45) is 0 Å². The van der Waals surface area contributed by atoms with Gasteiger partial charge in [-0.25, -0.2) is 0 Å². The zero-order valence-electron chi connectivity index (χ0n) is 12.8. The second-order valence-electron chi connectivity index (χ2n) is 5.52. The largest absolute Gasteiger partial charge is 0.309 e. The van der Waals surface area contributed by atoms with Crippen LogP contribution in [0.3, 0.4) is 0 Å². The smallest absolute Gasteiger partial charge is 0.0577 e. The lowest BCUT2D eigenvalue weighted by molar-refractivity contribution is 0.686. The highest BCUT2D eigenvalue weighted by atomic mass is 35.5. The van der Waals surface area contributed by atoms with Crippen LogP contribution < -0.4 is 5.32 Å². The molecule has 2 rings (SSSR count). The molecular weight excluding hydrogens is 266 g/mol. The van der Waals surface area contributed by atoms with Gasteiger partial charge in [-0.05, 0) is 74.2 Å². The first-order valence-electron chi connectivity index (χ1n) is 6.95. The highest BCUT2D eigenvalue weighted by molar-refractivity contribution is 6.31. The van der Waals surface area contributed by atoms with Gasteiger partial charge in [0.1, 0.15) is 0 Å². The monoisotopic (exact) mass is 287 g/mol. The van der Waals surface area contributed by atoms with E-state index in [-0.39, 0.29) is 6.04 Å². The summed E-state index contributed by atoms with van der Waals surface area (Å²) >= 11 is 6.27. The molecule has 0 aliphatic carbocycles. The number of benzene rings is 2. The van der Waals surface area contributed by atoms with Crippen LogP contribution in [0.5, 0.6) is 0 Å². The van der Waals surface area contributed by atoms with Gasteiger partial charge in [0, 0.05) is 5.02 Å². The summed E-state index contributed by atoms with van der Waals surface area (Å²) in [5.74, 6) is 0. The lowest BCUT2D eigenvalue weighted by atomic mass is 9.91. The topological polar surface area (TPSA) is 12.0 Å². The SMILES string of the molecule is CNC(c1ccc(C)c(Cl)c1)c1cc(C)c(C)cc1C. The van der Waals surface area contributed by atoms with Crippen LogP contribution in [-0.4, -0.2) is 7.05 Å². The number of aryl methyl sites for hydroxylation is 4. The molecule has 2 heteroatoms. The lowest BCUT2D eigenvalue weighted by Crippen LogP contribution is -2.19. The molecule has 0 bridgehead atoms. The van der Waals surface area contributed by atoms with E-state index >= 15 is 0 Å². The second kappa shape index (κ2) is 5.99. The van der Waals surface area contributed by atoms with Crippen molar-refractivity contribution in [3.8, 4) is 0 Å². The molecule has 1 nitrogen and oxygen atoms in total. The predicted octanol–water partition coefficient (Wildman–Crippen LogP) is 4.88. The van der Waals surface area contributed by atoms with Gasteiger partial charge in [0.15, 0.2) is 0 Å². The van der Waals surface area contributed by atoms with E-state index in [4.69, 9.17) is 11.6 Å². The molecule has 0 heterocycles. The van der Waals surface area contributed by atoms with E-state index in [0.29, 0.717) is 0 Å². The normalized spacial score (nSPS) is 12.5. The summed E-state index contributed by atoms with van der Waals surface area (Å²) in [6, 6.07) is 11.0. The Balaban J connectivity index is 2.52. The van der Waals surface area contributed by atoms with Crippen molar-refractivity contribution in [2.45, 2.75) is 33.7 Å². The number of rotatable bonds is 3. The summed E-state index contributed by atoms with van der Waals surface area (Å²) in [7, 11) is 1.99. The minimum absolute atomic E-state index is 0.174. The molecule has 0 aromatic heterocycles. The summed E-state index contributed by atoms with van der Waals surface area (Å²) in [5, 5.41) is 4.23. The van der Waals surface area contributed by atoms with Gasteiger partial charge >= 0.3 is 0 Å². The summed E-state index contributed by atoms with van der Waals surface area (Å²) in [5.41, 5.74) is 7.60. The highest BCUT2D eigenvalue weighted by Crippen LogP contribution is 2.29. The van der Waals surface area contributed by atoms with Gasteiger partial charge in [-0.1, -0.05) is 35.9 Å². The Labute approximate surface area is 127 Å². The van der Waals surface area contributed by atoms with E-state index in [0.717, 1.165) is 10.6 Å². The second-order valence-corrected chi connectivity index (χ2v) is 5.93. The standard InChI is InChI=1S/C18H22ClN/c1-11-6-7-15(10-17(11)19)18(20-5)16-9-13(3)12(2)8-14(16)4/h6-10,18,20H,1-5H3. The molecule has 0 amide bonds. The molecule has 0 saturated heterocycles. The molecule has 0 fully saturated rings. The molecule has 1 atom stereocenters. The van der Waals surface area contributed by atoms with Crippen LogP contribution in [0.4, 0.5) is 0 Å². The zero-order chi connectivity index (χ0) is 14.9. The van der Waals surface area contributed by atoms with Crippen molar-refractivity contribution in [1.82, 2.24) is 5.32 Å². The van der Waals surface area contributed by atoms with E-state index in [2.05, 4.69) is 56.4 Å². The molecule has 106 valence electrons. The van der Waals surface area contributed by atoms with Crippen LogP contribution >= 0.6 is 11.6 Å². The van der Waals surface area contributed by atoms with Crippen molar-refractivity contribution in [1.29, 1.82) is 0 Å². The number of hydrogen-bond acceptors (Lipinski definition) is 1. The molecule has 1 N–H and O–H groups in total. The third kappa shape index (κ3) is 2.89. The predicted molar refractivity (Wildman–Crippen MR) is 87.7 cm³/mol. The fourth-order valence-electron chi connectivity index (χ4n) is 2.58. The fraction of sp³-hybridized carbons (Fsp3) is 0.333. The Morgan fingerprint density at radius 1 is 0.850 bits per heavy atom. The van der Waals surface area contributed by atoms with Crippen LogP contribution in [0.15, 0.2) is 30.3 Å². The van der Waals surface area contributed by atoms with Crippen LogP contribution in [0.2, 0.25) is 5.02 Å². The van der Waals surface area contributed by atoms with Crippen molar-refractivity contribution < 1.29 is 0 Å². The molecular formula is C18H22ClN. The summed E-state index contributed by atoms with van der Waals surface area (Å²) in [6.07, 6.45) is 0. The minimum Gasteiger partial charge on any atom is -0.309 e. The molecule has 2 aromatic rings. The molecule has 0 spiro atoms. The number of hydrogen-bond donors (Lipinski definition) is 1. The van der Waals surface area contributed by atoms with Gasteiger partial charge in [-0.3, -0.25) is 0 Å². The van der Waals surface area contributed by atoms with Crippen molar-refractivity contribution >= 4 is 11.6 Å². The fourth-order valence-corrected chi connectivity index (χ4v) is 2.77. The van der Waals surface area contributed by atoms with Gasteiger partial charge in [-0.15, -0.1) is 0 Å². The summed E-state index contributed by atoms with van der Waals surface area (Å²) in [4.78, 5) is 0. The van der Waals surface area contributed by atoms with E-state index in [1.165, 1.54) is 27.8 Å².